The van der Waals surface area contributed by atoms with Gasteiger partial charge < -0.3 is 10.0 Å². The highest BCUT2D eigenvalue weighted by Gasteiger charge is 2.06. The van der Waals surface area contributed by atoms with Gasteiger partial charge in [0, 0.05) is 29.9 Å². The van der Waals surface area contributed by atoms with E-state index in [4.69, 9.17) is 5.11 Å². The summed E-state index contributed by atoms with van der Waals surface area (Å²) < 4.78 is 1.24. The Balaban J connectivity index is 2.45. The van der Waals surface area contributed by atoms with E-state index in [-0.39, 0.29) is 6.61 Å². The van der Waals surface area contributed by atoms with Gasteiger partial charge in [0.25, 0.3) is 0 Å². The van der Waals surface area contributed by atoms with E-state index >= 15 is 0 Å². The van der Waals surface area contributed by atoms with Crippen LogP contribution < -0.4 is 4.90 Å². The molecule has 2 heterocycles. The molecule has 2 aromatic heterocycles. The van der Waals surface area contributed by atoms with Crippen LogP contribution in [0.2, 0.25) is 0 Å². The van der Waals surface area contributed by atoms with Gasteiger partial charge in [-0.3, -0.25) is 0 Å². The molecule has 4 heteroatoms. The highest BCUT2D eigenvalue weighted by atomic mass is 32.1. The lowest BCUT2D eigenvalue weighted by Crippen LogP contribution is -2.22. The van der Waals surface area contributed by atoms with Crippen molar-refractivity contribution in [1.82, 2.24) is 4.98 Å². The molecule has 1 N–H and O–H groups in total. The molecule has 0 aliphatic heterocycles. The summed E-state index contributed by atoms with van der Waals surface area (Å²) in [5.41, 5.74) is 0. The number of aliphatic hydroxyl groups excluding tert-OH is 1. The molecule has 14 heavy (non-hydrogen) atoms. The largest absolute Gasteiger partial charge is 0.395 e. The van der Waals surface area contributed by atoms with Crippen LogP contribution in [0.4, 0.5) is 5.82 Å². The molecule has 0 saturated carbocycles. The number of fused-ring (bicyclic) bond motifs is 1. The molecule has 0 bridgehead atoms. The summed E-state index contributed by atoms with van der Waals surface area (Å²) in [6.45, 7) is 0.765. The van der Waals surface area contributed by atoms with Crippen molar-refractivity contribution in [1.29, 1.82) is 0 Å². The Morgan fingerprint density at radius 1 is 1.50 bits per heavy atom. The van der Waals surface area contributed by atoms with Crippen LogP contribution in [-0.2, 0) is 0 Å². The lowest BCUT2D eigenvalue weighted by molar-refractivity contribution is 0.304. The Labute approximate surface area is 86.6 Å². The Kier molecular flexibility index (Phi) is 2.65. The molecule has 3 nitrogen and oxygen atoms in total. The molecular formula is C10H12N2OS. The number of hydrogen-bond donors (Lipinski definition) is 1. The first-order valence-electron chi connectivity index (χ1n) is 4.47. The van der Waals surface area contributed by atoms with E-state index in [1.165, 1.54) is 4.70 Å². The van der Waals surface area contributed by atoms with Crippen LogP contribution in [0.3, 0.4) is 0 Å². The molecule has 0 aliphatic carbocycles. The monoisotopic (exact) mass is 208 g/mol. The van der Waals surface area contributed by atoms with E-state index in [9.17, 15) is 0 Å². The van der Waals surface area contributed by atoms with E-state index in [2.05, 4.69) is 16.4 Å². The summed E-state index contributed by atoms with van der Waals surface area (Å²) in [5, 5.41) is 12.1. The highest BCUT2D eigenvalue weighted by molar-refractivity contribution is 7.17. The summed E-state index contributed by atoms with van der Waals surface area (Å²) in [6.07, 6.45) is 1.81. The van der Waals surface area contributed by atoms with Crippen molar-refractivity contribution in [2.75, 3.05) is 25.1 Å². The number of aliphatic hydroxyl groups is 1. The van der Waals surface area contributed by atoms with Crippen molar-refractivity contribution >= 4 is 27.2 Å². The molecule has 0 aromatic carbocycles. The summed E-state index contributed by atoms with van der Waals surface area (Å²) in [6, 6.07) is 4.08. The van der Waals surface area contributed by atoms with Crippen LogP contribution in [-0.4, -0.2) is 30.3 Å². The lowest BCUT2D eigenvalue weighted by Gasteiger charge is -2.17. The fourth-order valence-corrected chi connectivity index (χ4v) is 2.22. The van der Waals surface area contributed by atoms with Gasteiger partial charge in [0.2, 0.25) is 0 Å². The number of nitrogens with zero attached hydrogens (tertiary/aromatic N) is 2. The summed E-state index contributed by atoms with van der Waals surface area (Å²) in [4.78, 5) is 6.29. The Morgan fingerprint density at radius 3 is 3.14 bits per heavy atom. The summed E-state index contributed by atoms with van der Waals surface area (Å²) in [5.74, 6) is 0.942. The highest BCUT2D eigenvalue weighted by Crippen LogP contribution is 2.27. The molecule has 2 rings (SSSR count). The minimum Gasteiger partial charge on any atom is -0.395 e. The van der Waals surface area contributed by atoms with E-state index in [1.807, 2.05) is 24.2 Å². The van der Waals surface area contributed by atoms with Crippen LogP contribution in [0, 0.1) is 0 Å². The lowest BCUT2D eigenvalue weighted by atomic mass is 10.3. The van der Waals surface area contributed by atoms with Crippen LogP contribution in [0.15, 0.2) is 23.7 Å². The second-order valence-electron chi connectivity index (χ2n) is 3.11. The molecule has 0 amide bonds. The maximum atomic E-state index is 8.85. The quantitative estimate of drug-likeness (QED) is 0.834. The first kappa shape index (κ1) is 9.43. The minimum atomic E-state index is 0.151. The van der Waals surface area contributed by atoms with E-state index in [0.29, 0.717) is 6.54 Å². The van der Waals surface area contributed by atoms with Gasteiger partial charge in [-0.05, 0) is 17.5 Å². The molecule has 2 aromatic rings. The molecule has 0 aliphatic rings. The third-order valence-electron chi connectivity index (χ3n) is 2.16. The second kappa shape index (κ2) is 3.94. The van der Waals surface area contributed by atoms with Gasteiger partial charge >= 0.3 is 0 Å². The van der Waals surface area contributed by atoms with Crippen LogP contribution in [0.5, 0.6) is 0 Å². The summed E-state index contributed by atoms with van der Waals surface area (Å²) >= 11 is 1.71. The summed E-state index contributed by atoms with van der Waals surface area (Å²) in [7, 11) is 1.94. The van der Waals surface area contributed by atoms with Crippen molar-refractivity contribution in [2.24, 2.45) is 0 Å². The Hall–Kier alpha value is -1.13. The van der Waals surface area contributed by atoms with Crippen molar-refractivity contribution in [3.63, 3.8) is 0 Å². The van der Waals surface area contributed by atoms with E-state index < -0.39 is 0 Å². The smallest absolute Gasteiger partial charge is 0.137 e. The number of rotatable bonds is 3. The van der Waals surface area contributed by atoms with Crippen LogP contribution >= 0.6 is 11.3 Å². The SMILES string of the molecule is CN(CCO)c1nccc2sccc12. The standard InChI is InChI=1S/C10H12N2OS/c1-12(5-6-13)10-8-3-7-14-9(8)2-4-11-10/h2-4,7,13H,5-6H2,1H3. The minimum absolute atomic E-state index is 0.151. The fourth-order valence-electron chi connectivity index (χ4n) is 1.44. The third kappa shape index (κ3) is 1.58. The molecule has 0 saturated heterocycles. The number of aromatic nitrogens is 1. The molecule has 0 atom stereocenters. The first-order chi connectivity index (χ1) is 6.83. The van der Waals surface area contributed by atoms with Gasteiger partial charge in [0.15, 0.2) is 0 Å². The first-order valence-corrected chi connectivity index (χ1v) is 5.35. The third-order valence-corrected chi connectivity index (χ3v) is 3.04. The van der Waals surface area contributed by atoms with Crippen molar-refractivity contribution in [3.8, 4) is 0 Å². The Morgan fingerprint density at radius 2 is 2.36 bits per heavy atom. The van der Waals surface area contributed by atoms with Crippen molar-refractivity contribution in [3.05, 3.63) is 23.7 Å². The second-order valence-corrected chi connectivity index (χ2v) is 4.06. The van der Waals surface area contributed by atoms with Crippen LogP contribution in [0.25, 0.3) is 10.1 Å². The van der Waals surface area contributed by atoms with Crippen molar-refractivity contribution < 1.29 is 5.11 Å². The molecular weight excluding hydrogens is 196 g/mol. The van der Waals surface area contributed by atoms with Gasteiger partial charge in [-0.1, -0.05) is 0 Å². The normalized spacial score (nSPS) is 10.7. The molecule has 0 spiro atoms. The van der Waals surface area contributed by atoms with Gasteiger partial charge in [-0.25, -0.2) is 4.98 Å². The Bertz CT molecular complexity index is 427. The van der Waals surface area contributed by atoms with Gasteiger partial charge in [-0.2, -0.15) is 0 Å². The van der Waals surface area contributed by atoms with Gasteiger partial charge in [0.1, 0.15) is 5.82 Å². The number of thiophene rings is 1. The van der Waals surface area contributed by atoms with Crippen molar-refractivity contribution in [2.45, 2.75) is 0 Å². The zero-order valence-electron chi connectivity index (χ0n) is 7.97. The van der Waals surface area contributed by atoms with E-state index in [1.54, 1.807) is 11.3 Å². The molecule has 0 radical (unpaired) electrons. The maximum Gasteiger partial charge on any atom is 0.137 e. The molecule has 0 fully saturated rings. The molecule has 74 valence electrons. The topological polar surface area (TPSA) is 36.4 Å². The predicted octanol–water partition coefficient (Wildman–Crippen LogP) is 1.72. The number of anilines is 1. The van der Waals surface area contributed by atoms with Crippen LogP contribution in [0.1, 0.15) is 0 Å². The number of hydrogen-bond acceptors (Lipinski definition) is 4. The average Bonchev–Trinajstić information content (AvgIpc) is 2.65. The number of pyridine rings is 1. The zero-order chi connectivity index (χ0) is 9.97. The zero-order valence-corrected chi connectivity index (χ0v) is 8.79. The molecule has 0 unspecified atom stereocenters. The van der Waals surface area contributed by atoms with Gasteiger partial charge in [-0.15, -0.1) is 11.3 Å². The number of likely N-dealkylation sites (N-methyl/N-ethyl adjacent to an activating group) is 1. The predicted molar refractivity (Wildman–Crippen MR) is 60.0 cm³/mol. The average molecular weight is 208 g/mol. The maximum absolute atomic E-state index is 8.85. The van der Waals surface area contributed by atoms with Gasteiger partial charge in [0.05, 0.1) is 6.61 Å². The van der Waals surface area contributed by atoms with E-state index in [0.717, 1.165) is 11.2 Å². The fraction of sp³-hybridized carbons (Fsp3) is 0.300.